The zero-order valence-electron chi connectivity index (χ0n) is 19.7. The third-order valence-electron chi connectivity index (χ3n) is 5.92. The lowest BCUT2D eigenvalue weighted by atomic mass is 9.87. The van der Waals surface area contributed by atoms with Gasteiger partial charge in [-0.1, -0.05) is 11.9 Å². The van der Waals surface area contributed by atoms with Crippen LogP contribution in [0.15, 0.2) is 30.0 Å². The fraction of sp³-hybridized carbons (Fsp3) is 0.500. The predicted molar refractivity (Wildman–Crippen MR) is 150 cm³/mol. The molecule has 1 aliphatic heterocycles. The number of hydrogen-bond acceptors (Lipinski definition) is 7. The van der Waals surface area contributed by atoms with Gasteiger partial charge < -0.3 is 10.6 Å². The number of piperidine rings is 1. The van der Waals surface area contributed by atoms with Crippen LogP contribution in [0.2, 0.25) is 0 Å². The van der Waals surface area contributed by atoms with Crippen molar-refractivity contribution >= 4 is 59.0 Å². The van der Waals surface area contributed by atoms with Gasteiger partial charge in [-0.05, 0) is 74.9 Å². The van der Waals surface area contributed by atoms with E-state index in [0.717, 1.165) is 29.2 Å². The molecule has 2 fully saturated rings. The summed E-state index contributed by atoms with van der Waals surface area (Å²) in [6.07, 6.45) is 6.71. The number of allylic oxidation sites excluding steroid dienone is 1. The topological polar surface area (TPSA) is 78.3 Å². The Balaban J connectivity index is 0.00000149. The normalized spacial score (nSPS) is 17.4. The van der Waals surface area contributed by atoms with Crippen LogP contribution < -0.4 is 5.73 Å². The first-order chi connectivity index (χ1) is 15.9. The molecule has 0 radical (unpaired) electrons. The van der Waals surface area contributed by atoms with Gasteiger partial charge in [-0.2, -0.15) is 5.26 Å². The van der Waals surface area contributed by atoms with E-state index in [1.165, 1.54) is 53.0 Å². The number of aryl methyl sites for hydroxylation is 1. The number of carbonyl (C=O) groups is 1. The van der Waals surface area contributed by atoms with Crippen LogP contribution in [0.5, 0.6) is 0 Å². The number of nitriles is 1. The molecule has 1 aromatic heterocycles. The fourth-order valence-electron chi connectivity index (χ4n) is 4.23. The Hall–Kier alpha value is -1.19. The van der Waals surface area contributed by atoms with Crippen LogP contribution in [0.3, 0.4) is 0 Å². The van der Waals surface area contributed by atoms with E-state index in [1.54, 1.807) is 11.1 Å². The molecule has 0 bridgehead atoms. The standard InChI is InChI=1S/C23H27IN4OS2.CH5N/c1-15-10-17-11-22(23(29)18(13-25)14-26(2)3)28(31-24)21(17)12-20(15)16-6-8-27(9-7-16)30-19-4-5-19;1-2/h10-12,14,16,19H,4-9H2,1-3H3;2H2,1H3/b18-14+;. The van der Waals surface area contributed by atoms with Crippen molar-refractivity contribution in [2.24, 2.45) is 5.73 Å². The van der Waals surface area contributed by atoms with E-state index < -0.39 is 0 Å². The number of benzene rings is 1. The van der Waals surface area contributed by atoms with Gasteiger partial charge in [0.15, 0.2) is 0 Å². The molecule has 33 heavy (non-hydrogen) atoms. The average molecular weight is 598 g/mol. The zero-order chi connectivity index (χ0) is 24.1. The molecule has 0 spiro atoms. The largest absolute Gasteiger partial charge is 0.382 e. The maximum Gasteiger partial charge on any atom is 0.222 e. The van der Waals surface area contributed by atoms with E-state index in [-0.39, 0.29) is 11.4 Å². The van der Waals surface area contributed by atoms with E-state index in [4.69, 9.17) is 0 Å². The second-order valence-corrected chi connectivity index (χ2v) is 11.7. The molecule has 4 rings (SSSR count). The number of fused-ring (bicyclic) bond motifs is 1. The van der Waals surface area contributed by atoms with Gasteiger partial charge in [0.05, 0.1) is 5.52 Å². The Bertz CT molecular complexity index is 1060. The molecule has 0 atom stereocenters. The van der Waals surface area contributed by atoms with Crippen molar-refractivity contribution in [3.05, 3.63) is 46.8 Å². The number of nitrogens with zero attached hydrogens (tertiary/aromatic N) is 4. The first-order valence-electron chi connectivity index (χ1n) is 11.2. The fourth-order valence-corrected chi connectivity index (χ4v) is 7.13. The van der Waals surface area contributed by atoms with Crippen LogP contribution in [-0.4, -0.2) is 58.4 Å². The van der Waals surface area contributed by atoms with Crippen molar-refractivity contribution in [1.82, 2.24) is 13.2 Å². The number of rotatable bonds is 7. The summed E-state index contributed by atoms with van der Waals surface area (Å²) in [5.41, 5.74) is 8.95. The SMILES string of the molecule is CN.Cc1cc2cc(C(=O)/C(C#N)=C/N(C)C)n(SI)c2cc1C1CCN(SC2CC2)CC1. The van der Waals surface area contributed by atoms with Crippen LogP contribution in [-0.2, 0) is 0 Å². The molecule has 2 heterocycles. The zero-order valence-corrected chi connectivity index (χ0v) is 23.5. The highest BCUT2D eigenvalue weighted by Gasteiger charge is 2.29. The summed E-state index contributed by atoms with van der Waals surface area (Å²) in [6.45, 7) is 4.48. The van der Waals surface area contributed by atoms with Crippen molar-refractivity contribution in [1.29, 1.82) is 5.26 Å². The second-order valence-electron chi connectivity index (χ2n) is 8.62. The summed E-state index contributed by atoms with van der Waals surface area (Å²) in [5, 5.41) is 11.4. The molecule has 1 saturated carbocycles. The van der Waals surface area contributed by atoms with E-state index in [9.17, 15) is 10.1 Å². The van der Waals surface area contributed by atoms with Gasteiger partial charge in [-0.3, -0.25) is 13.1 Å². The molecule has 9 heteroatoms. The van der Waals surface area contributed by atoms with Gasteiger partial charge in [-0.15, -0.1) is 0 Å². The minimum Gasteiger partial charge on any atom is -0.382 e. The number of aromatic nitrogens is 1. The van der Waals surface area contributed by atoms with Crippen LogP contribution in [0, 0.1) is 18.3 Å². The summed E-state index contributed by atoms with van der Waals surface area (Å²) in [6, 6.07) is 8.48. The van der Waals surface area contributed by atoms with Crippen LogP contribution >= 0.6 is 42.3 Å². The van der Waals surface area contributed by atoms with Crippen LogP contribution in [0.4, 0.5) is 0 Å². The van der Waals surface area contributed by atoms with E-state index in [2.05, 4.69) is 68.3 Å². The molecule has 178 valence electrons. The Morgan fingerprint density at radius 3 is 2.42 bits per heavy atom. The van der Waals surface area contributed by atoms with Crippen LogP contribution in [0.1, 0.15) is 53.2 Å². The molecule has 6 nitrogen and oxygen atoms in total. The van der Waals surface area contributed by atoms with E-state index in [0.29, 0.717) is 11.6 Å². The summed E-state index contributed by atoms with van der Waals surface area (Å²) in [5.74, 6) is 0.326. The van der Waals surface area contributed by atoms with Crippen molar-refractivity contribution in [3.8, 4) is 6.07 Å². The molecule has 0 unspecified atom stereocenters. The lowest BCUT2D eigenvalue weighted by Gasteiger charge is -2.32. The quantitative estimate of drug-likeness (QED) is 0.148. The number of halogens is 1. The summed E-state index contributed by atoms with van der Waals surface area (Å²) >= 11 is 4.28. The third-order valence-corrected chi connectivity index (χ3v) is 9.06. The first-order valence-corrected chi connectivity index (χ1v) is 15.3. The number of nitrogens with two attached hydrogens (primary N) is 1. The van der Waals surface area contributed by atoms with Gasteiger partial charge >= 0.3 is 0 Å². The van der Waals surface area contributed by atoms with E-state index in [1.807, 2.05) is 24.1 Å². The van der Waals surface area contributed by atoms with Crippen LogP contribution in [0.25, 0.3) is 10.9 Å². The highest BCUT2D eigenvalue weighted by molar-refractivity contribution is 14.2. The van der Waals surface area contributed by atoms with Crippen molar-refractivity contribution in [3.63, 3.8) is 0 Å². The smallest absolute Gasteiger partial charge is 0.222 e. The number of hydrogen-bond donors (Lipinski definition) is 1. The summed E-state index contributed by atoms with van der Waals surface area (Å²) in [4.78, 5) is 14.8. The van der Waals surface area contributed by atoms with Crippen molar-refractivity contribution in [2.75, 3.05) is 34.2 Å². The van der Waals surface area contributed by atoms with Gasteiger partial charge in [-0.25, -0.2) is 0 Å². The second kappa shape index (κ2) is 12.0. The van der Waals surface area contributed by atoms with Gasteiger partial charge in [0.25, 0.3) is 0 Å². The summed E-state index contributed by atoms with van der Waals surface area (Å²) < 4.78 is 4.53. The first kappa shape index (κ1) is 26.4. The minimum atomic E-state index is -0.235. The Morgan fingerprint density at radius 2 is 1.88 bits per heavy atom. The predicted octanol–water partition coefficient (Wildman–Crippen LogP) is 5.51. The van der Waals surface area contributed by atoms with Gasteiger partial charge in [0, 0.05) is 74.3 Å². The third kappa shape index (κ3) is 6.28. The molecular formula is C24H32IN5OS2. The molecule has 2 aromatic rings. The Morgan fingerprint density at radius 1 is 1.21 bits per heavy atom. The van der Waals surface area contributed by atoms with Gasteiger partial charge in [0.1, 0.15) is 17.3 Å². The highest BCUT2D eigenvalue weighted by Crippen LogP contribution is 2.41. The highest BCUT2D eigenvalue weighted by atomic mass is 127. The molecule has 1 saturated heterocycles. The number of carbonyl (C=O) groups excluding carboxylic acids is 1. The molecule has 2 aliphatic rings. The number of Topliss-reactive ketones (excluding diaryl/α,β-unsaturated/α-hetero) is 1. The number of ketones is 1. The van der Waals surface area contributed by atoms with Crippen molar-refractivity contribution in [2.45, 2.75) is 43.8 Å². The molecular weight excluding hydrogens is 565 g/mol. The van der Waals surface area contributed by atoms with E-state index >= 15 is 0 Å². The van der Waals surface area contributed by atoms with Gasteiger partial charge in [0.2, 0.25) is 5.78 Å². The maximum atomic E-state index is 13.1. The monoisotopic (exact) mass is 597 g/mol. The maximum absolute atomic E-state index is 13.1. The molecule has 0 amide bonds. The summed E-state index contributed by atoms with van der Waals surface area (Å²) in [7, 11) is 6.62. The Labute approximate surface area is 217 Å². The molecule has 1 aromatic carbocycles. The molecule has 2 N–H and O–H groups in total. The lowest BCUT2D eigenvalue weighted by molar-refractivity contribution is 0.103. The van der Waals surface area contributed by atoms with Crippen molar-refractivity contribution < 1.29 is 4.79 Å². The average Bonchev–Trinajstić information content (AvgIpc) is 3.56. The minimum absolute atomic E-state index is 0.150. The Kier molecular flexibility index (Phi) is 9.59. The molecule has 1 aliphatic carbocycles. The lowest BCUT2D eigenvalue weighted by Crippen LogP contribution is -2.28.